The molecule has 176 valence electrons. The van der Waals surface area contributed by atoms with Crippen LogP contribution in [0.2, 0.25) is 0 Å². The highest BCUT2D eigenvalue weighted by molar-refractivity contribution is 5.97. The number of amides is 1. The summed E-state index contributed by atoms with van der Waals surface area (Å²) in [4.78, 5) is 33.9. The summed E-state index contributed by atoms with van der Waals surface area (Å²) < 4.78 is 5.23. The highest BCUT2D eigenvalue weighted by Gasteiger charge is 2.25. The molecular weight excluding hydrogens is 456 g/mol. The Labute approximate surface area is 204 Å². The molecule has 0 radical (unpaired) electrons. The van der Waals surface area contributed by atoms with E-state index in [1.54, 1.807) is 37.3 Å². The van der Waals surface area contributed by atoms with Crippen molar-refractivity contribution in [1.82, 2.24) is 35.1 Å². The van der Waals surface area contributed by atoms with Gasteiger partial charge in [0.2, 0.25) is 5.91 Å². The zero-order valence-electron chi connectivity index (χ0n) is 19.0. The molecule has 0 bridgehead atoms. The Bertz CT molecular complexity index is 1730. The number of fused-ring (bicyclic) bond motifs is 2. The number of imidazole rings is 1. The van der Waals surface area contributed by atoms with Gasteiger partial charge in [0.1, 0.15) is 16.9 Å². The third kappa shape index (κ3) is 3.42. The average Bonchev–Trinajstić information content (AvgIpc) is 3.61. The summed E-state index contributed by atoms with van der Waals surface area (Å²) in [5.74, 6) is 0.765. The summed E-state index contributed by atoms with van der Waals surface area (Å²) in [5.41, 5.74) is 6.83. The summed E-state index contributed by atoms with van der Waals surface area (Å²) in [5, 5.41) is 11.3. The van der Waals surface area contributed by atoms with Gasteiger partial charge in [-0.2, -0.15) is 5.10 Å². The van der Waals surface area contributed by atoms with Gasteiger partial charge in [-0.05, 0) is 37.1 Å². The number of aromatic nitrogens is 7. The van der Waals surface area contributed by atoms with E-state index in [9.17, 15) is 4.79 Å². The van der Waals surface area contributed by atoms with Crippen molar-refractivity contribution < 1.29 is 9.21 Å². The van der Waals surface area contributed by atoms with Crippen LogP contribution in [0.1, 0.15) is 19.3 Å². The second-order valence-corrected chi connectivity index (χ2v) is 8.92. The zero-order valence-corrected chi connectivity index (χ0v) is 19.0. The number of nitrogens with zero attached hydrogens (tertiary/aromatic N) is 5. The number of H-pyrrole nitrogens is 2. The van der Waals surface area contributed by atoms with Crippen LogP contribution in [-0.2, 0) is 4.79 Å². The molecule has 1 fully saturated rings. The molecule has 36 heavy (non-hydrogen) atoms. The van der Waals surface area contributed by atoms with Crippen LogP contribution in [0.15, 0.2) is 66.0 Å². The number of rotatable bonds is 5. The normalized spacial score (nSPS) is 13.8. The zero-order chi connectivity index (χ0) is 24.1. The number of hydrogen-bond acceptors (Lipinski definition) is 7. The fourth-order valence-electron chi connectivity index (χ4n) is 4.48. The Hall–Kier alpha value is -4.86. The van der Waals surface area contributed by atoms with E-state index in [0.29, 0.717) is 22.9 Å². The minimum atomic E-state index is 0.0556. The van der Waals surface area contributed by atoms with Crippen LogP contribution in [0.3, 0.4) is 0 Å². The van der Waals surface area contributed by atoms with Crippen molar-refractivity contribution in [2.75, 3.05) is 5.32 Å². The second kappa shape index (κ2) is 8.12. The lowest BCUT2D eigenvalue weighted by atomic mass is 9.85. The molecule has 6 aromatic heterocycles. The predicted molar refractivity (Wildman–Crippen MR) is 134 cm³/mol. The number of carbonyl (C=O) groups is 1. The smallest absolute Gasteiger partial charge is 0.227 e. The van der Waals surface area contributed by atoms with Gasteiger partial charge in [0.15, 0.2) is 11.5 Å². The van der Waals surface area contributed by atoms with E-state index < -0.39 is 0 Å². The average molecular weight is 477 g/mol. The van der Waals surface area contributed by atoms with Gasteiger partial charge in [-0.15, -0.1) is 0 Å². The van der Waals surface area contributed by atoms with Gasteiger partial charge in [0.25, 0.3) is 0 Å². The maximum atomic E-state index is 12.4. The molecule has 10 nitrogen and oxygen atoms in total. The molecule has 1 saturated carbocycles. The number of carbonyl (C=O) groups excluding carboxylic acids is 1. The standard InChI is InChI=1S/C26H20N8O2/c35-26(14-2-1-3-14)30-18-8-16(10-27-12-18)17-9-19-22(33-34-24(19)29-11-17)25-31-20-4-6-28-21(23(20)32-25)15-5-7-36-13-15/h4-14H,1-3H2,(H,30,35)(H,31,32)(H,29,33,34). The van der Waals surface area contributed by atoms with Gasteiger partial charge in [-0.25, -0.2) is 9.97 Å². The van der Waals surface area contributed by atoms with Crippen LogP contribution in [-0.4, -0.2) is 41.0 Å². The van der Waals surface area contributed by atoms with Gasteiger partial charge >= 0.3 is 0 Å². The second-order valence-electron chi connectivity index (χ2n) is 8.92. The first kappa shape index (κ1) is 20.5. The van der Waals surface area contributed by atoms with Crippen LogP contribution in [0.4, 0.5) is 5.69 Å². The topological polar surface area (TPSA) is 138 Å². The minimum absolute atomic E-state index is 0.0556. The molecule has 1 aliphatic carbocycles. The van der Waals surface area contributed by atoms with E-state index in [1.807, 2.05) is 24.3 Å². The molecule has 0 spiro atoms. The largest absolute Gasteiger partial charge is 0.472 e. The molecule has 0 saturated heterocycles. The lowest BCUT2D eigenvalue weighted by molar-refractivity contribution is -0.122. The Morgan fingerprint density at radius 2 is 1.94 bits per heavy atom. The van der Waals surface area contributed by atoms with Crippen LogP contribution in [0, 0.1) is 5.92 Å². The molecule has 10 heteroatoms. The molecule has 0 atom stereocenters. The van der Waals surface area contributed by atoms with Gasteiger partial charge < -0.3 is 14.7 Å². The number of nitrogens with one attached hydrogen (secondary N) is 3. The van der Waals surface area contributed by atoms with Crippen molar-refractivity contribution >= 4 is 33.7 Å². The van der Waals surface area contributed by atoms with E-state index in [-0.39, 0.29) is 11.8 Å². The maximum absolute atomic E-state index is 12.4. The molecule has 3 N–H and O–H groups in total. The molecule has 6 aromatic rings. The highest BCUT2D eigenvalue weighted by atomic mass is 16.3. The maximum Gasteiger partial charge on any atom is 0.227 e. The van der Waals surface area contributed by atoms with Crippen molar-refractivity contribution in [3.05, 3.63) is 61.6 Å². The molecule has 0 unspecified atom stereocenters. The van der Waals surface area contributed by atoms with Gasteiger partial charge in [0, 0.05) is 41.2 Å². The lowest BCUT2D eigenvalue weighted by Crippen LogP contribution is -2.28. The molecular formula is C26H20N8O2. The van der Waals surface area contributed by atoms with Gasteiger partial charge in [0.05, 0.1) is 35.3 Å². The Morgan fingerprint density at radius 3 is 2.78 bits per heavy atom. The Balaban J connectivity index is 1.26. The van der Waals surface area contributed by atoms with Crippen LogP contribution >= 0.6 is 0 Å². The minimum Gasteiger partial charge on any atom is -0.472 e. The Kier molecular flexibility index (Phi) is 4.63. The number of hydrogen-bond donors (Lipinski definition) is 3. The van der Waals surface area contributed by atoms with Crippen molar-refractivity contribution in [2.24, 2.45) is 5.92 Å². The molecule has 0 aromatic carbocycles. The quantitative estimate of drug-likeness (QED) is 0.320. The first-order valence-corrected chi connectivity index (χ1v) is 11.7. The van der Waals surface area contributed by atoms with E-state index in [0.717, 1.165) is 58.1 Å². The van der Waals surface area contributed by atoms with Gasteiger partial charge in [-0.3, -0.25) is 19.9 Å². The number of furan rings is 1. The first-order valence-electron chi connectivity index (χ1n) is 11.7. The molecule has 0 aliphatic heterocycles. The summed E-state index contributed by atoms with van der Waals surface area (Å²) in [6, 6.07) is 7.64. The van der Waals surface area contributed by atoms with Crippen LogP contribution in [0.25, 0.3) is 56.0 Å². The third-order valence-corrected chi connectivity index (χ3v) is 6.65. The third-order valence-electron chi connectivity index (χ3n) is 6.65. The number of pyridine rings is 3. The highest BCUT2D eigenvalue weighted by Crippen LogP contribution is 2.32. The predicted octanol–water partition coefficient (Wildman–Crippen LogP) is 4.96. The van der Waals surface area contributed by atoms with E-state index in [4.69, 9.17) is 9.40 Å². The molecule has 6 heterocycles. The fourth-order valence-corrected chi connectivity index (χ4v) is 4.48. The first-order chi connectivity index (χ1) is 17.7. The van der Waals surface area contributed by atoms with Crippen LogP contribution in [0.5, 0.6) is 0 Å². The molecule has 7 rings (SSSR count). The lowest BCUT2D eigenvalue weighted by Gasteiger charge is -2.24. The Morgan fingerprint density at radius 1 is 1.03 bits per heavy atom. The van der Waals surface area contributed by atoms with Crippen molar-refractivity contribution in [3.63, 3.8) is 0 Å². The van der Waals surface area contributed by atoms with Crippen molar-refractivity contribution in [2.45, 2.75) is 19.3 Å². The van der Waals surface area contributed by atoms with Gasteiger partial charge in [-0.1, -0.05) is 6.42 Å². The van der Waals surface area contributed by atoms with Crippen LogP contribution < -0.4 is 5.32 Å². The van der Waals surface area contributed by atoms with Crippen molar-refractivity contribution in [3.8, 4) is 33.9 Å². The number of anilines is 1. The summed E-state index contributed by atoms with van der Waals surface area (Å²) >= 11 is 0. The summed E-state index contributed by atoms with van der Waals surface area (Å²) in [7, 11) is 0. The fraction of sp³-hybridized carbons (Fsp3) is 0.154. The molecule has 1 amide bonds. The number of aromatic amines is 2. The van der Waals surface area contributed by atoms with E-state index in [1.165, 1.54) is 0 Å². The summed E-state index contributed by atoms with van der Waals surface area (Å²) in [6.07, 6.45) is 13.2. The summed E-state index contributed by atoms with van der Waals surface area (Å²) in [6.45, 7) is 0. The monoisotopic (exact) mass is 476 g/mol. The van der Waals surface area contributed by atoms with E-state index >= 15 is 0 Å². The SMILES string of the molecule is O=C(Nc1cncc(-c2cnc3[nH]nc(-c4nc5c(-c6ccoc6)nccc5[nH]4)c3c2)c1)C1CCC1. The molecule has 1 aliphatic rings. The van der Waals surface area contributed by atoms with E-state index in [2.05, 4.69) is 35.5 Å². The van der Waals surface area contributed by atoms with Crippen molar-refractivity contribution in [1.29, 1.82) is 0 Å².